The Morgan fingerprint density at radius 1 is 1.05 bits per heavy atom. The number of halogens is 3. The predicted octanol–water partition coefficient (Wildman–Crippen LogP) is 6.65. The van der Waals surface area contributed by atoms with Crippen LogP contribution >= 0.6 is 0 Å². The summed E-state index contributed by atoms with van der Waals surface area (Å²) in [6, 6.07) is 14.2. The number of anilines is 2. The molecule has 1 aromatic heterocycles. The van der Waals surface area contributed by atoms with Gasteiger partial charge in [0.1, 0.15) is 12.4 Å². The number of nitro groups is 1. The van der Waals surface area contributed by atoms with Gasteiger partial charge in [-0.2, -0.15) is 13.2 Å². The molecule has 1 spiro atoms. The number of amides is 1. The van der Waals surface area contributed by atoms with Gasteiger partial charge in [0, 0.05) is 42.7 Å². The molecule has 0 radical (unpaired) electrons. The average Bonchev–Trinajstić information content (AvgIpc) is 3.25. The molecule has 2 aliphatic heterocycles. The molecule has 2 aliphatic rings. The van der Waals surface area contributed by atoms with Crippen LogP contribution in [0, 0.1) is 15.5 Å². The first-order valence-electron chi connectivity index (χ1n) is 13.4. The van der Waals surface area contributed by atoms with E-state index in [4.69, 9.17) is 4.74 Å². The third kappa shape index (κ3) is 5.32. The van der Waals surface area contributed by atoms with Crippen LogP contribution in [0.4, 0.5) is 30.4 Å². The molecule has 3 aromatic rings. The molecule has 5 rings (SSSR count). The molecule has 3 heterocycles. The van der Waals surface area contributed by atoms with E-state index < -0.39 is 27.5 Å². The number of carbonyl (C=O) groups excluding carboxylic acids is 1. The smallest absolute Gasteiger partial charge is 0.416 e. The first-order valence-corrected chi connectivity index (χ1v) is 13.4. The molecule has 1 amide bonds. The van der Waals surface area contributed by atoms with Crippen LogP contribution in [0.1, 0.15) is 50.3 Å². The first kappa shape index (κ1) is 28.4. The van der Waals surface area contributed by atoms with Gasteiger partial charge in [0.15, 0.2) is 0 Å². The van der Waals surface area contributed by atoms with Crippen LogP contribution in [0.2, 0.25) is 0 Å². The Hall–Kier alpha value is -4.15. The van der Waals surface area contributed by atoms with E-state index in [0.717, 1.165) is 11.6 Å². The first-order chi connectivity index (χ1) is 19.3. The van der Waals surface area contributed by atoms with E-state index in [1.54, 1.807) is 4.90 Å². The Labute approximate surface area is 235 Å². The zero-order valence-corrected chi connectivity index (χ0v) is 23.1. The molecule has 8 nitrogen and oxygen atoms in total. The quantitative estimate of drug-likeness (QED) is 0.253. The second kappa shape index (κ2) is 10.4. The van der Waals surface area contributed by atoms with Crippen molar-refractivity contribution in [2.45, 2.75) is 51.8 Å². The summed E-state index contributed by atoms with van der Waals surface area (Å²) in [6.07, 6.45) is -2.79. The van der Waals surface area contributed by atoms with Gasteiger partial charge < -0.3 is 14.5 Å². The van der Waals surface area contributed by atoms with Crippen molar-refractivity contribution in [3.8, 4) is 5.75 Å². The van der Waals surface area contributed by atoms with Crippen molar-refractivity contribution < 1.29 is 27.6 Å². The highest BCUT2D eigenvalue weighted by Gasteiger charge is 2.53. The molecule has 0 unspecified atom stereocenters. The van der Waals surface area contributed by atoms with Gasteiger partial charge in [-0.1, -0.05) is 51.1 Å². The van der Waals surface area contributed by atoms with Crippen molar-refractivity contribution in [3.05, 3.63) is 87.6 Å². The number of piperidine rings is 1. The van der Waals surface area contributed by atoms with E-state index in [2.05, 4.69) is 4.98 Å². The summed E-state index contributed by atoms with van der Waals surface area (Å²) in [5.74, 6) is 0.0633. The van der Waals surface area contributed by atoms with E-state index in [0.29, 0.717) is 0 Å². The predicted molar refractivity (Wildman–Crippen MR) is 147 cm³/mol. The van der Waals surface area contributed by atoms with Crippen molar-refractivity contribution in [1.29, 1.82) is 0 Å². The van der Waals surface area contributed by atoms with Crippen LogP contribution in [0.25, 0.3) is 0 Å². The molecular formula is C30H31F3N4O4. The number of alkyl halides is 3. The van der Waals surface area contributed by atoms with Gasteiger partial charge in [-0.25, -0.2) is 4.98 Å². The fourth-order valence-electron chi connectivity index (χ4n) is 5.87. The van der Waals surface area contributed by atoms with Crippen molar-refractivity contribution in [2.75, 3.05) is 24.5 Å². The zero-order valence-electron chi connectivity index (χ0n) is 23.1. The number of rotatable bonds is 5. The Morgan fingerprint density at radius 3 is 2.34 bits per heavy atom. The molecule has 0 aliphatic carbocycles. The van der Waals surface area contributed by atoms with Gasteiger partial charge in [-0.05, 0) is 42.2 Å². The second-order valence-corrected chi connectivity index (χ2v) is 11.6. The van der Waals surface area contributed by atoms with Crippen molar-refractivity contribution in [3.63, 3.8) is 0 Å². The number of aromatic nitrogens is 1. The lowest BCUT2D eigenvalue weighted by Gasteiger charge is -2.42. The molecule has 0 atom stereocenters. The third-order valence-corrected chi connectivity index (χ3v) is 7.81. The Morgan fingerprint density at radius 2 is 1.73 bits per heavy atom. The number of hydrogen-bond acceptors (Lipinski definition) is 6. The van der Waals surface area contributed by atoms with E-state index in [9.17, 15) is 28.1 Å². The molecule has 0 saturated carbocycles. The standard InChI is InChI=1S/C30H31F3N4O4/c1-28(2,3)27(38)35-16-13-29(14-17-35)19-36(26-22(37(39)40)10-7-15-34-26)25-23(41-18-20-8-5-4-6-9-20)12-11-21(24(25)29)30(31,32)33/h4-12,15H,13-14,16-19H2,1-3H3. The average molecular weight is 569 g/mol. The van der Waals surface area contributed by atoms with Crippen molar-refractivity contribution in [2.24, 2.45) is 5.41 Å². The largest absolute Gasteiger partial charge is 0.487 e. The lowest BCUT2D eigenvalue weighted by atomic mass is 9.72. The van der Waals surface area contributed by atoms with E-state index in [1.807, 2.05) is 51.1 Å². The maximum Gasteiger partial charge on any atom is 0.416 e. The van der Waals surface area contributed by atoms with Gasteiger partial charge in [-0.15, -0.1) is 0 Å². The Kier molecular flexibility index (Phi) is 7.17. The number of carbonyl (C=O) groups is 1. The van der Waals surface area contributed by atoms with Crippen molar-refractivity contribution in [1.82, 2.24) is 9.88 Å². The van der Waals surface area contributed by atoms with Gasteiger partial charge in [0.2, 0.25) is 11.7 Å². The number of benzene rings is 2. The van der Waals surface area contributed by atoms with Crippen LogP contribution in [0.3, 0.4) is 0 Å². The van der Waals surface area contributed by atoms with Crippen molar-refractivity contribution >= 4 is 23.1 Å². The molecule has 1 saturated heterocycles. The molecule has 216 valence electrons. The summed E-state index contributed by atoms with van der Waals surface area (Å²) in [6.45, 7) is 6.09. The Bertz CT molecular complexity index is 1460. The normalized spacial score (nSPS) is 16.5. The topological polar surface area (TPSA) is 88.8 Å². The molecule has 0 bridgehead atoms. The number of fused-ring (bicyclic) bond motifs is 2. The van der Waals surface area contributed by atoms with Crippen LogP contribution < -0.4 is 9.64 Å². The second-order valence-electron chi connectivity index (χ2n) is 11.6. The van der Waals surface area contributed by atoms with Crippen LogP contribution in [0.5, 0.6) is 5.75 Å². The molecule has 11 heteroatoms. The number of nitrogens with zero attached hydrogens (tertiary/aromatic N) is 4. The molecular weight excluding hydrogens is 537 g/mol. The third-order valence-electron chi connectivity index (χ3n) is 7.81. The number of pyridine rings is 1. The fraction of sp³-hybridized carbons (Fsp3) is 0.400. The summed E-state index contributed by atoms with van der Waals surface area (Å²) in [5.41, 5.74) is -1.80. The molecule has 2 aromatic carbocycles. The number of ether oxygens (including phenoxy) is 1. The lowest BCUT2D eigenvalue weighted by Crippen LogP contribution is -2.50. The summed E-state index contributed by atoms with van der Waals surface area (Å²) in [7, 11) is 0. The maximum absolute atomic E-state index is 14.6. The van der Waals surface area contributed by atoms with E-state index >= 15 is 0 Å². The SMILES string of the molecule is CC(C)(C)C(=O)N1CCC2(CC1)CN(c1ncccc1[N+](=O)[O-])c1c(OCc3ccccc3)ccc(C(F)(F)F)c12. The summed E-state index contributed by atoms with van der Waals surface area (Å²) in [4.78, 5) is 31.9. The highest BCUT2D eigenvalue weighted by molar-refractivity contribution is 5.83. The van der Waals surface area contributed by atoms with E-state index in [-0.39, 0.29) is 73.5 Å². The van der Waals surface area contributed by atoms with E-state index in [1.165, 1.54) is 29.3 Å². The van der Waals surface area contributed by atoms with Gasteiger partial charge in [-0.3, -0.25) is 14.9 Å². The summed E-state index contributed by atoms with van der Waals surface area (Å²) < 4.78 is 50.0. The molecule has 41 heavy (non-hydrogen) atoms. The summed E-state index contributed by atoms with van der Waals surface area (Å²) >= 11 is 0. The minimum Gasteiger partial charge on any atom is -0.487 e. The fourth-order valence-corrected chi connectivity index (χ4v) is 5.87. The van der Waals surface area contributed by atoms with Gasteiger partial charge >= 0.3 is 11.9 Å². The van der Waals surface area contributed by atoms with Crippen LogP contribution in [0.15, 0.2) is 60.8 Å². The Balaban J connectivity index is 1.66. The molecule has 0 N–H and O–H groups in total. The number of likely N-dealkylation sites (tertiary alicyclic amines) is 1. The minimum atomic E-state index is -4.68. The minimum absolute atomic E-state index is 0.0343. The number of hydrogen-bond donors (Lipinski definition) is 0. The maximum atomic E-state index is 14.6. The van der Waals surface area contributed by atoms with Crippen LogP contribution in [-0.2, 0) is 23.0 Å². The highest BCUT2D eigenvalue weighted by atomic mass is 19.4. The lowest BCUT2D eigenvalue weighted by molar-refractivity contribution is -0.384. The molecule has 1 fully saturated rings. The van der Waals surface area contributed by atoms with Gasteiger partial charge in [0.25, 0.3) is 0 Å². The summed E-state index contributed by atoms with van der Waals surface area (Å²) in [5, 5.41) is 12.0. The van der Waals surface area contributed by atoms with Gasteiger partial charge in [0.05, 0.1) is 16.2 Å². The highest BCUT2D eigenvalue weighted by Crippen LogP contribution is 2.57. The zero-order chi connectivity index (χ0) is 29.6. The van der Waals surface area contributed by atoms with Crippen LogP contribution in [-0.4, -0.2) is 40.3 Å². The monoisotopic (exact) mass is 568 g/mol.